The summed E-state index contributed by atoms with van der Waals surface area (Å²) >= 11 is 0. The number of aliphatic hydroxyl groups is 1. The van der Waals surface area contributed by atoms with E-state index in [1.54, 1.807) is 42.1 Å². The zero-order valence-corrected chi connectivity index (χ0v) is 16.3. The number of hydrogen-bond acceptors (Lipinski definition) is 5. The van der Waals surface area contributed by atoms with Gasteiger partial charge in [-0.2, -0.15) is 0 Å². The summed E-state index contributed by atoms with van der Waals surface area (Å²) in [6.45, 7) is 1.89. The molecule has 10 heteroatoms. The van der Waals surface area contributed by atoms with E-state index in [2.05, 4.69) is 15.3 Å². The van der Waals surface area contributed by atoms with E-state index in [0.29, 0.717) is 23.9 Å². The van der Waals surface area contributed by atoms with E-state index in [0.717, 1.165) is 0 Å². The molecule has 0 fully saturated rings. The van der Waals surface area contributed by atoms with E-state index in [4.69, 9.17) is 0 Å². The van der Waals surface area contributed by atoms with E-state index in [1.165, 1.54) is 6.20 Å². The molecule has 3 rings (SSSR count). The lowest BCUT2D eigenvalue weighted by molar-refractivity contribution is -0.132. The van der Waals surface area contributed by atoms with Crippen molar-refractivity contribution < 1.29 is 28.2 Å². The second kappa shape index (κ2) is 9.24. The van der Waals surface area contributed by atoms with Crippen LogP contribution in [0.2, 0.25) is 0 Å². The Kier molecular flexibility index (Phi) is 6.49. The minimum atomic E-state index is -1.60. The predicted molar refractivity (Wildman–Crippen MR) is 106 cm³/mol. The van der Waals surface area contributed by atoms with Crippen LogP contribution < -0.4 is 0 Å². The molecule has 0 aliphatic carbocycles. The number of halogens is 3. The third-order valence-electron chi connectivity index (χ3n) is 4.39. The Morgan fingerprint density at radius 2 is 1.81 bits per heavy atom. The van der Waals surface area contributed by atoms with Gasteiger partial charge in [0.1, 0.15) is 17.1 Å². The van der Waals surface area contributed by atoms with Gasteiger partial charge in [-0.1, -0.05) is 30.3 Å². The van der Waals surface area contributed by atoms with Crippen molar-refractivity contribution in [1.82, 2.24) is 15.0 Å². The first-order chi connectivity index (χ1) is 14.8. The average Bonchev–Trinajstić information content (AvgIpc) is 3.24. The Bertz CT molecular complexity index is 1170. The highest BCUT2D eigenvalue weighted by atomic mass is 19.2. The Labute approximate surface area is 174 Å². The van der Waals surface area contributed by atoms with Crippen molar-refractivity contribution in [3.05, 3.63) is 82.9 Å². The molecular formula is C21H17F3N4O3. The number of hydrogen-bond donors (Lipinski definition) is 2. The van der Waals surface area contributed by atoms with Crippen LogP contribution in [0, 0.1) is 17.5 Å². The number of rotatable bonds is 7. The number of carboxylic acid groups (broad SMARTS) is 1. The van der Waals surface area contributed by atoms with Crippen molar-refractivity contribution in [3.8, 4) is 0 Å². The van der Waals surface area contributed by atoms with Crippen LogP contribution in [0.15, 0.2) is 59.4 Å². The molecule has 0 saturated carbocycles. The summed E-state index contributed by atoms with van der Waals surface area (Å²) in [4.78, 5) is 16.3. The van der Waals surface area contributed by atoms with Crippen LogP contribution in [0.4, 0.5) is 18.9 Å². The smallest absolute Gasteiger partial charge is 0.341 e. The lowest BCUT2D eigenvalue weighted by atomic mass is 10.0. The number of nitrogens with zero attached hydrogens (tertiary/aromatic N) is 4. The van der Waals surface area contributed by atoms with Crippen molar-refractivity contribution in [2.75, 3.05) is 0 Å². The third-order valence-corrected chi connectivity index (χ3v) is 4.39. The zero-order chi connectivity index (χ0) is 22.5. The number of carbonyl (C=O) groups is 1. The Morgan fingerprint density at radius 1 is 1.10 bits per heavy atom. The van der Waals surface area contributed by atoms with Gasteiger partial charge in [0.2, 0.25) is 0 Å². The van der Waals surface area contributed by atoms with Gasteiger partial charge in [-0.15, -0.1) is 5.10 Å². The van der Waals surface area contributed by atoms with Gasteiger partial charge in [0.25, 0.3) is 0 Å². The van der Waals surface area contributed by atoms with Gasteiger partial charge in [-0.3, -0.25) is 4.99 Å². The number of para-hydroxylation sites is 1. The maximum absolute atomic E-state index is 14.1. The van der Waals surface area contributed by atoms with Gasteiger partial charge in [-0.25, -0.2) is 22.6 Å². The molecule has 0 bridgehead atoms. The Morgan fingerprint density at radius 3 is 2.45 bits per heavy atom. The number of aliphatic carboxylic acids is 1. The minimum Gasteiger partial charge on any atom is -0.506 e. The second-order valence-corrected chi connectivity index (χ2v) is 6.42. The van der Waals surface area contributed by atoms with Gasteiger partial charge < -0.3 is 10.2 Å². The van der Waals surface area contributed by atoms with Crippen molar-refractivity contribution >= 4 is 23.1 Å². The molecule has 1 heterocycles. The van der Waals surface area contributed by atoms with Gasteiger partial charge in [-0.05, 0) is 24.1 Å². The molecule has 0 spiro atoms. The number of aliphatic imine (C=N–C) groups is 1. The minimum absolute atomic E-state index is 0.0502. The Balaban J connectivity index is 2.13. The fraction of sp³-hybridized carbons (Fsp3) is 0.143. The van der Waals surface area contributed by atoms with E-state index in [9.17, 15) is 28.2 Å². The molecule has 1 aromatic heterocycles. The third kappa shape index (κ3) is 4.80. The van der Waals surface area contributed by atoms with E-state index in [1.807, 2.05) is 0 Å². The molecule has 0 aliphatic rings. The van der Waals surface area contributed by atoms with Crippen LogP contribution in [-0.4, -0.2) is 36.9 Å². The van der Waals surface area contributed by atoms with Crippen molar-refractivity contribution in [2.45, 2.75) is 19.9 Å². The fourth-order valence-corrected chi connectivity index (χ4v) is 2.90. The lowest BCUT2D eigenvalue weighted by Crippen LogP contribution is -2.15. The maximum Gasteiger partial charge on any atom is 0.341 e. The van der Waals surface area contributed by atoms with Crippen LogP contribution >= 0.6 is 0 Å². The first-order valence-corrected chi connectivity index (χ1v) is 9.13. The van der Waals surface area contributed by atoms with Crippen LogP contribution in [0.25, 0.3) is 5.76 Å². The molecule has 2 N–H and O–H groups in total. The van der Waals surface area contributed by atoms with E-state index < -0.39 is 40.3 Å². The molecule has 7 nitrogen and oxygen atoms in total. The molecule has 0 radical (unpaired) electrons. The topological polar surface area (TPSA) is 101 Å². The first kappa shape index (κ1) is 21.8. The number of carboxylic acids is 1. The summed E-state index contributed by atoms with van der Waals surface area (Å²) in [7, 11) is 0. The summed E-state index contributed by atoms with van der Waals surface area (Å²) in [6, 6.07) is 7.48. The van der Waals surface area contributed by atoms with E-state index >= 15 is 0 Å². The van der Waals surface area contributed by atoms with Crippen LogP contribution in [0.3, 0.4) is 0 Å². The largest absolute Gasteiger partial charge is 0.506 e. The summed E-state index contributed by atoms with van der Waals surface area (Å²) in [5.74, 6) is -6.86. The Hall–Kier alpha value is -3.95. The number of aromatic nitrogens is 3. The maximum atomic E-state index is 14.1. The fourth-order valence-electron chi connectivity index (χ4n) is 2.90. The average molecular weight is 430 g/mol. The quantitative estimate of drug-likeness (QED) is 0.252. The molecule has 0 saturated heterocycles. The molecule has 160 valence electrons. The van der Waals surface area contributed by atoms with Crippen LogP contribution in [-0.2, 0) is 11.3 Å². The molecular weight excluding hydrogens is 413 g/mol. The second-order valence-electron chi connectivity index (χ2n) is 6.42. The summed E-state index contributed by atoms with van der Waals surface area (Å²) < 4.78 is 42.5. The normalized spacial score (nSPS) is 12.6. The summed E-state index contributed by atoms with van der Waals surface area (Å²) in [5, 5.41) is 27.7. The molecule has 0 unspecified atom stereocenters. The van der Waals surface area contributed by atoms with Gasteiger partial charge in [0.15, 0.2) is 11.6 Å². The molecule has 0 aliphatic heterocycles. The van der Waals surface area contributed by atoms with Gasteiger partial charge >= 0.3 is 5.97 Å². The predicted octanol–water partition coefficient (Wildman–Crippen LogP) is 4.28. The van der Waals surface area contributed by atoms with E-state index in [-0.39, 0.29) is 18.2 Å². The monoisotopic (exact) mass is 430 g/mol. The summed E-state index contributed by atoms with van der Waals surface area (Å²) in [6.07, 6.45) is 3.19. The van der Waals surface area contributed by atoms with Crippen molar-refractivity contribution in [2.24, 2.45) is 4.99 Å². The van der Waals surface area contributed by atoms with Gasteiger partial charge in [0, 0.05) is 12.3 Å². The van der Waals surface area contributed by atoms with Crippen LogP contribution in [0.1, 0.15) is 24.5 Å². The standard InChI is InChI=1S/C21H17F3N4O3/c1-2-17(26-18-6-4-3-5-12(18)11-28-8-7-25-27-28)19(21(30)31)20(29)13-9-15(23)16(24)10-14(13)22/h3-10,29H,2,11H2,1H3,(H,30,31). The zero-order valence-electron chi connectivity index (χ0n) is 16.3. The molecule has 31 heavy (non-hydrogen) atoms. The number of benzene rings is 2. The summed E-state index contributed by atoms with van der Waals surface area (Å²) in [5.41, 5.74) is -0.508. The van der Waals surface area contributed by atoms with Crippen LogP contribution in [0.5, 0.6) is 0 Å². The highest BCUT2D eigenvalue weighted by Gasteiger charge is 2.24. The SMILES string of the molecule is CCC(=Nc1ccccc1Cn1ccnn1)C(C(=O)O)=C(O)c1cc(F)c(F)cc1F. The highest BCUT2D eigenvalue weighted by molar-refractivity contribution is 6.24. The molecule has 0 amide bonds. The highest BCUT2D eigenvalue weighted by Crippen LogP contribution is 2.27. The first-order valence-electron chi connectivity index (χ1n) is 9.13. The molecule has 2 aromatic carbocycles. The van der Waals surface area contributed by atoms with Crippen molar-refractivity contribution in [3.63, 3.8) is 0 Å². The van der Waals surface area contributed by atoms with Crippen molar-refractivity contribution in [1.29, 1.82) is 0 Å². The lowest BCUT2D eigenvalue weighted by Gasteiger charge is -2.12. The molecule has 0 atom stereocenters. The number of aliphatic hydroxyl groups excluding tert-OH is 1. The van der Waals surface area contributed by atoms with Gasteiger partial charge in [0.05, 0.1) is 29.7 Å². The molecule has 3 aromatic rings.